The number of halogens is 1. The maximum Gasteiger partial charge on any atom is 0.225 e. The minimum atomic E-state index is 0.571. The van der Waals surface area contributed by atoms with Gasteiger partial charge in [-0.15, -0.1) is 0 Å². The molecule has 1 aromatic rings. The lowest BCUT2D eigenvalue weighted by Gasteiger charge is -2.18. The van der Waals surface area contributed by atoms with Crippen LogP contribution in [-0.2, 0) is 0 Å². The zero-order valence-electron chi connectivity index (χ0n) is 8.16. The second-order valence-corrected chi connectivity index (χ2v) is 3.91. The van der Waals surface area contributed by atoms with Crippen molar-refractivity contribution in [1.29, 1.82) is 0 Å². The Morgan fingerprint density at radius 1 is 1.38 bits per heavy atom. The molecule has 0 saturated heterocycles. The fraction of sp³-hybridized carbons (Fsp3) is 0.556. The van der Waals surface area contributed by atoms with Crippen molar-refractivity contribution in [3.8, 4) is 0 Å². The summed E-state index contributed by atoms with van der Waals surface area (Å²) in [5.41, 5.74) is 0. The van der Waals surface area contributed by atoms with Gasteiger partial charge in [0.15, 0.2) is 0 Å². The average molecular weight is 200 g/mol. The third kappa shape index (κ3) is 3.19. The van der Waals surface area contributed by atoms with Crippen LogP contribution in [0.15, 0.2) is 12.4 Å². The van der Waals surface area contributed by atoms with Crippen molar-refractivity contribution in [1.82, 2.24) is 9.97 Å². The first-order valence-corrected chi connectivity index (χ1v) is 4.66. The van der Waals surface area contributed by atoms with Crippen LogP contribution in [0, 0.1) is 5.92 Å². The molecule has 1 rings (SSSR count). The van der Waals surface area contributed by atoms with Gasteiger partial charge in [0.2, 0.25) is 5.95 Å². The lowest BCUT2D eigenvalue weighted by Crippen LogP contribution is -2.24. The maximum atomic E-state index is 5.68. The molecule has 0 bridgehead atoms. The Bertz CT molecular complexity index is 258. The molecule has 0 spiro atoms. The third-order valence-electron chi connectivity index (χ3n) is 1.59. The van der Waals surface area contributed by atoms with Crippen LogP contribution in [0.3, 0.4) is 0 Å². The fourth-order valence-corrected chi connectivity index (χ4v) is 1.23. The van der Waals surface area contributed by atoms with Crippen molar-refractivity contribution >= 4 is 17.5 Å². The fourth-order valence-electron chi connectivity index (χ4n) is 1.13. The van der Waals surface area contributed by atoms with E-state index in [0.29, 0.717) is 10.9 Å². The average Bonchev–Trinajstić information content (AvgIpc) is 2.04. The lowest BCUT2D eigenvalue weighted by molar-refractivity contribution is 0.630. The first-order chi connectivity index (χ1) is 6.09. The van der Waals surface area contributed by atoms with E-state index in [1.54, 1.807) is 12.4 Å². The van der Waals surface area contributed by atoms with E-state index in [2.05, 4.69) is 23.8 Å². The highest BCUT2D eigenvalue weighted by Gasteiger charge is 2.05. The molecular formula is C9H14ClN3. The smallest absolute Gasteiger partial charge is 0.225 e. The van der Waals surface area contributed by atoms with Gasteiger partial charge in [0.25, 0.3) is 0 Å². The van der Waals surface area contributed by atoms with Gasteiger partial charge in [-0.1, -0.05) is 25.4 Å². The second kappa shape index (κ2) is 4.42. The predicted molar refractivity (Wildman–Crippen MR) is 55.2 cm³/mol. The van der Waals surface area contributed by atoms with Crippen molar-refractivity contribution in [2.75, 3.05) is 18.5 Å². The number of hydrogen-bond donors (Lipinski definition) is 0. The second-order valence-electron chi connectivity index (χ2n) is 3.48. The molecule has 0 radical (unpaired) electrons. The molecule has 0 N–H and O–H groups in total. The Kier molecular flexibility index (Phi) is 3.48. The lowest BCUT2D eigenvalue weighted by atomic mass is 10.2. The van der Waals surface area contributed by atoms with Crippen molar-refractivity contribution in [2.45, 2.75) is 13.8 Å². The molecule has 0 unspecified atom stereocenters. The molecule has 13 heavy (non-hydrogen) atoms. The summed E-state index contributed by atoms with van der Waals surface area (Å²) in [4.78, 5) is 10.2. The van der Waals surface area contributed by atoms with Gasteiger partial charge in [-0.05, 0) is 5.92 Å². The Morgan fingerprint density at radius 2 is 1.92 bits per heavy atom. The molecule has 3 nitrogen and oxygen atoms in total. The van der Waals surface area contributed by atoms with Crippen LogP contribution >= 0.6 is 11.6 Å². The van der Waals surface area contributed by atoms with E-state index >= 15 is 0 Å². The molecule has 72 valence electrons. The molecule has 1 heterocycles. The molecule has 0 amide bonds. The summed E-state index contributed by atoms with van der Waals surface area (Å²) in [6.45, 7) is 5.26. The Balaban J connectivity index is 2.66. The van der Waals surface area contributed by atoms with Crippen LogP contribution in [0.1, 0.15) is 13.8 Å². The summed E-state index contributed by atoms with van der Waals surface area (Å²) < 4.78 is 0. The van der Waals surface area contributed by atoms with Crippen molar-refractivity contribution in [3.05, 3.63) is 17.4 Å². The Morgan fingerprint density at radius 3 is 2.38 bits per heavy atom. The van der Waals surface area contributed by atoms with Crippen LogP contribution in [0.4, 0.5) is 5.95 Å². The molecular weight excluding hydrogens is 186 g/mol. The zero-order chi connectivity index (χ0) is 9.84. The van der Waals surface area contributed by atoms with Crippen molar-refractivity contribution in [3.63, 3.8) is 0 Å². The molecule has 0 aliphatic rings. The summed E-state index contributed by atoms with van der Waals surface area (Å²) in [5, 5.41) is 0.571. The zero-order valence-corrected chi connectivity index (χ0v) is 8.91. The molecule has 4 heteroatoms. The van der Waals surface area contributed by atoms with Gasteiger partial charge in [-0.3, -0.25) is 0 Å². The van der Waals surface area contributed by atoms with E-state index in [0.717, 1.165) is 12.5 Å². The molecule has 0 aliphatic heterocycles. The van der Waals surface area contributed by atoms with Gasteiger partial charge in [0, 0.05) is 13.6 Å². The minimum Gasteiger partial charge on any atom is -0.344 e. The molecule has 0 aromatic carbocycles. The maximum absolute atomic E-state index is 5.68. The molecule has 0 saturated carbocycles. The Labute approximate surface area is 83.8 Å². The van der Waals surface area contributed by atoms with Gasteiger partial charge in [-0.25, -0.2) is 9.97 Å². The van der Waals surface area contributed by atoms with Gasteiger partial charge in [0.05, 0.1) is 17.4 Å². The summed E-state index contributed by atoms with van der Waals surface area (Å²) in [6.07, 6.45) is 3.22. The van der Waals surface area contributed by atoms with Crippen LogP contribution < -0.4 is 4.90 Å². The highest BCUT2D eigenvalue weighted by molar-refractivity contribution is 6.30. The number of aromatic nitrogens is 2. The van der Waals surface area contributed by atoms with Crippen molar-refractivity contribution in [2.24, 2.45) is 5.92 Å². The van der Waals surface area contributed by atoms with Gasteiger partial charge in [0.1, 0.15) is 0 Å². The molecule has 0 atom stereocenters. The highest BCUT2D eigenvalue weighted by atomic mass is 35.5. The normalized spacial score (nSPS) is 10.5. The van der Waals surface area contributed by atoms with Gasteiger partial charge in [-0.2, -0.15) is 0 Å². The first-order valence-electron chi connectivity index (χ1n) is 4.28. The number of nitrogens with zero attached hydrogens (tertiary/aromatic N) is 3. The predicted octanol–water partition coefficient (Wildman–Crippen LogP) is 2.22. The number of anilines is 1. The summed E-state index contributed by atoms with van der Waals surface area (Å²) in [7, 11) is 1.98. The SMILES string of the molecule is CC(C)CN(C)c1ncc(Cl)cn1. The molecule has 0 fully saturated rings. The topological polar surface area (TPSA) is 29.0 Å². The van der Waals surface area contributed by atoms with E-state index in [4.69, 9.17) is 11.6 Å². The molecule has 1 aromatic heterocycles. The van der Waals surface area contributed by atoms with Crippen LogP contribution in [0.25, 0.3) is 0 Å². The summed E-state index contributed by atoms with van der Waals surface area (Å²) in [5.74, 6) is 1.32. The van der Waals surface area contributed by atoms with E-state index in [9.17, 15) is 0 Å². The highest BCUT2D eigenvalue weighted by Crippen LogP contribution is 2.09. The van der Waals surface area contributed by atoms with E-state index in [-0.39, 0.29) is 0 Å². The van der Waals surface area contributed by atoms with Crippen LogP contribution in [-0.4, -0.2) is 23.6 Å². The number of rotatable bonds is 3. The minimum absolute atomic E-state index is 0.571. The first kappa shape index (κ1) is 10.3. The monoisotopic (exact) mass is 199 g/mol. The summed E-state index contributed by atoms with van der Waals surface area (Å²) in [6, 6.07) is 0. The van der Waals surface area contributed by atoms with E-state index in [1.807, 2.05) is 11.9 Å². The van der Waals surface area contributed by atoms with E-state index < -0.39 is 0 Å². The summed E-state index contributed by atoms with van der Waals surface area (Å²) >= 11 is 5.68. The third-order valence-corrected chi connectivity index (χ3v) is 1.78. The Hall–Kier alpha value is -0.830. The van der Waals surface area contributed by atoms with Gasteiger partial charge < -0.3 is 4.90 Å². The largest absolute Gasteiger partial charge is 0.344 e. The van der Waals surface area contributed by atoms with Crippen LogP contribution in [0.5, 0.6) is 0 Å². The van der Waals surface area contributed by atoms with Crippen LogP contribution in [0.2, 0.25) is 5.02 Å². The molecule has 0 aliphatic carbocycles. The number of hydrogen-bond acceptors (Lipinski definition) is 3. The van der Waals surface area contributed by atoms with E-state index in [1.165, 1.54) is 0 Å². The quantitative estimate of drug-likeness (QED) is 0.748. The standard InChI is InChI=1S/C9H14ClN3/c1-7(2)6-13(3)9-11-4-8(10)5-12-9/h4-5,7H,6H2,1-3H3. The van der Waals surface area contributed by atoms with Crippen molar-refractivity contribution < 1.29 is 0 Å². The van der Waals surface area contributed by atoms with Gasteiger partial charge >= 0.3 is 0 Å².